The van der Waals surface area contributed by atoms with E-state index >= 15 is 0 Å². The van der Waals surface area contributed by atoms with E-state index in [0.717, 1.165) is 32.1 Å². The number of nitrogens with two attached hydrogens (primary N) is 2. The van der Waals surface area contributed by atoms with Crippen molar-refractivity contribution in [1.82, 2.24) is 10.2 Å². The second kappa shape index (κ2) is 13.7. The Morgan fingerprint density at radius 3 is 2.43 bits per heavy atom. The van der Waals surface area contributed by atoms with Crippen LogP contribution in [0.2, 0.25) is 0 Å². The molecule has 0 saturated heterocycles. The summed E-state index contributed by atoms with van der Waals surface area (Å²) in [7, 11) is 1.26. The van der Waals surface area contributed by atoms with E-state index < -0.39 is 28.9 Å². The number of hydrogen-bond acceptors (Lipinski definition) is 7. The molecule has 0 radical (unpaired) electrons. The Hall–Kier alpha value is -3.90. The van der Waals surface area contributed by atoms with Crippen molar-refractivity contribution in [1.29, 1.82) is 0 Å². The molecule has 0 unspecified atom stereocenters. The van der Waals surface area contributed by atoms with Crippen LogP contribution in [0.25, 0.3) is 0 Å². The van der Waals surface area contributed by atoms with Gasteiger partial charge in [0, 0.05) is 30.4 Å². The average Bonchev–Trinajstić information content (AvgIpc) is 2.84. The van der Waals surface area contributed by atoms with Crippen molar-refractivity contribution in [2.75, 3.05) is 25.5 Å². The number of nitrogens with one attached hydrogen (secondary N) is 2. The van der Waals surface area contributed by atoms with Crippen molar-refractivity contribution in [2.24, 2.45) is 16.5 Å². The fourth-order valence-electron chi connectivity index (χ4n) is 3.92. The Bertz CT molecular complexity index is 911. The number of amides is 3. The molecule has 1 aliphatic carbocycles. The topological polar surface area (TPSA) is 195 Å². The van der Waals surface area contributed by atoms with E-state index in [1.807, 2.05) is 0 Å². The number of hydrogen-bond donors (Lipinski definition) is 4. The van der Waals surface area contributed by atoms with Crippen LogP contribution in [0.5, 0.6) is 0 Å². The van der Waals surface area contributed by atoms with E-state index in [1.54, 1.807) is 0 Å². The lowest BCUT2D eigenvalue weighted by Gasteiger charge is -2.33. The number of nitro benzene ring substituents is 1. The first-order valence-corrected chi connectivity index (χ1v) is 11.5. The molecule has 1 aromatic carbocycles. The van der Waals surface area contributed by atoms with Crippen molar-refractivity contribution in [3.63, 3.8) is 0 Å². The molecule has 1 aromatic rings. The monoisotopic (exact) mass is 491 g/mol. The number of guanidine groups is 1. The second-order valence-corrected chi connectivity index (χ2v) is 8.25. The smallest absolute Gasteiger partial charge is 0.410 e. The predicted molar refractivity (Wildman–Crippen MR) is 130 cm³/mol. The van der Waals surface area contributed by atoms with Gasteiger partial charge in [0.1, 0.15) is 12.6 Å². The van der Waals surface area contributed by atoms with Gasteiger partial charge in [-0.3, -0.25) is 29.6 Å². The molecule has 1 saturated carbocycles. The summed E-state index contributed by atoms with van der Waals surface area (Å²) in [5, 5.41) is 16.2. The lowest BCUT2D eigenvalue weighted by molar-refractivity contribution is -0.384. The molecule has 0 spiro atoms. The maximum atomic E-state index is 12.9. The normalized spacial score (nSPS) is 14.3. The third kappa shape index (κ3) is 9.10. The number of carbonyl (C=O) groups is 3. The van der Waals surface area contributed by atoms with Gasteiger partial charge in [0.2, 0.25) is 11.8 Å². The Morgan fingerprint density at radius 1 is 1.20 bits per heavy atom. The third-order valence-corrected chi connectivity index (χ3v) is 5.68. The summed E-state index contributed by atoms with van der Waals surface area (Å²) in [5.41, 5.74) is 10.9. The van der Waals surface area contributed by atoms with Crippen LogP contribution >= 0.6 is 0 Å². The van der Waals surface area contributed by atoms with Crippen molar-refractivity contribution in [3.8, 4) is 0 Å². The summed E-state index contributed by atoms with van der Waals surface area (Å²) < 4.78 is 4.87. The van der Waals surface area contributed by atoms with Crippen LogP contribution in [0, 0.1) is 10.1 Å². The Balaban J connectivity index is 2.08. The Kier molecular flexibility index (Phi) is 10.7. The van der Waals surface area contributed by atoms with E-state index in [4.69, 9.17) is 16.2 Å². The Morgan fingerprint density at radius 2 is 1.86 bits per heavy atom. The zero-order valence-electron chi connectivity index (χ0n) is 19.8. The van der Waals surface area contributed by atoms with Crippen molar-refractivity contribution < 1.29 is 24.0 Å². The van der Waals surface area contributed by atoms with Crippen LogP contribution in [0.3, 0.4) is 0 Å². The van der Waals surface area contributed by atoms with Gasteiger partial charge in [0.05, 0.1) is 12.0 Å². The van der Waals surface area contributed by atoms with Crippen LogP contribution in [-0.2, 0) is 14.3 Å². The van der Waals surface area contributed by atoms with E-state index in [0.29, 0.717) is 12.1 Å². The first-order chi connectivity index (χ1) is 16.7. The highest BCUT2D eigenvalue weighted by molar-refractivity contribution is 5.97. The molecule has 1 fully saturated rings. The van der Waals surface area contributed by atoms with Crippen molar-refractivity contribution in [2.45, 2.75) is 57.0 Å². The maximum absolute atomic E-state index is 12.9. The molecule has 0 aliphatic heterocycles. The summed E-state index contributed by atoms with van der Waals surface area (Å²) in [6.07, 6.45) is 4.61. The summed E-state index contributed by atoms with van der Waals surface area (Å²) in [6, 6.07) is 4.28. The zero-order chi connectivity index (χ0) is 25.8. The van der Waals surface area contributed by atoms with Crippen LogP contribution in [-0.4, -0.2) is 66.0 Å². The van der Waals surface area contributed by atoms with Gasteiger partial charge in [-0.15, -0.1) is 0 Å². The molecule has 1 atom stereocenters. The van der Waals surface area contributed by atoms with E-state index in [1.165, 1.54) is 36.3 Å². The molecule has 192 valence electrons. The number of nitro groups is 1. The number of benzene rings is 1. The van der Waals surface area contributed by atoms with Crippen LogP contribution in [0.15, 0.2) is 29.3 Å². The predicted octanol–water partition coefficient (Wildman–Crippen LogP) is 1.47. The first-order valence-electron chi connectivity index (χ1n) is 11.5. The number of aliphatic imine (C=N–C) groups is 1. The fourth-order valence-corrected chi connectivity index (χ4v) is 3.92. The Labute approximate surface area is 203 Å². The maximum Gasteiger partial charge on any atom is 0.410 e. The molecule has 0 aromatic heterocycles. The summed E-state index contributed by atoms with van der Waals surface area (Å²) >= 11 is 0. The minimum absolute atomic E-state index is 0.0814. The zero-order valence-corrected chi connectivity index (χ0v) is 19.8. The molecule has 13 nitrogen and oxygen atoms in total. The SMILES string of the molecule is COC(=O)N(CC(=O)N[C@@H](CCCN=C(N)N)C(=O)Nc1ccc([N+](=O)[O-])cc1)C1CCCCC1. The largest absolute Gasteiger partial charge is 0.453 e. The van der Waals surface area contributed by atoms with E-state index in [2.05, 4.69) is 15.6 Å². The lowest BCUT2D eigenvalue weighted by Crippen LogP contribution is -2.51. The number of ether oxygens (including phenoxy) is 1. The van der Waals surface area contributed by atoms with Gasteiger partial charge < -0.3 is 26.8 Å². The van der Waals surface area contributed by atoms with Gasteiger partial charge in [-0.25, -0.2) is 4.79 Å². The van der Waals surface area contributed by atoms with Gasteiger partial charge in [-0.2, -0.15) is 0 Å². The number of carbonyl (C=O) groups excluding carboxylic acids is 3. The number of rotatable bonds is 11. The van der Waals surface area contributed by atoms with E-state index in [9.17, 15) is 24.5 Å². The molecule has 0 heterocycles. The number of nitrogens with zero attached hydrogens (tertiary/aromatic N) is 3. The van der Waals surface area contributed by atoms with Gasteiger partial charge >= 0.3 is 6.09 Å². The molecule has 0 bridgehead atoms. The highest BCUT2D eigenvalue weighted by atomic mass is 16.6. The van der Waals surface area contributed by atoms with Crippen molar-refractivity contribution >= 4 is 35.2 Å². The molecule has 13 heteroatoms. The highest BCUT2D eigenvalue weighted by Gasteiger charge is 2.29. The summed E-state index contributed by atoms with van der Waals surface area (Å²) in [5.74, 6) is -1.10. The number of anilines is 1. The molecular weight excluding hydrogens is 458 g/mol. The molecular formula is C22H33N7O6. The average molecular weight is 492 g/mol. The van der Waals surface area contributed by atoms with Gasteiger partial charge in [-0.1, -0.05) is 19.3 Å². The van der Waals surface area contributed by atoms with E-state index in [-0.39, 0.29) is 37.2 Å². The minimum atomic E-state index is -0.947. The van der Waals surface area contributed by atoms with Crippen LogP contribution < -0.4 is 22.1 Å². The summed E-state index contributed by atoms with van der Waals surface area (Å²) in [4.78, 5) is 53.7. The fraction of sp³-hybridized carbons (Fsp3) is 0.545. The molecule has 6 N–H and O–H groups in total. The van der Waals surface area contributed by atoms with Crippen LogP contribution in [0.4, 0.5) is 16.2 Å². The number of methoxy groups -OCH3 is 1. The van der Waals surface area contributed by atoms with Gasteiger partial charge in [0.15, 0.2) is 5.96 Å². The standard InChI is InChI=1S/C22H33N7O6/c1-35-22(32)28(16-6-3-2-4-7-16)14-19(30)27-18(8-5-13-25-21(23)24)20(31)26-15-9-11-17(12-10-15)29(33)34/h9-12,16,18H,2-8,13-14H2,1H3,(H,26,31)(H,27,30)(H4,23,24,25)/t18-/m0/s1. The van der Waals surface area contributed by atoms with Gasteiger partial charge in [-0.05, 0) is 37.8 Å². The van der Waals surface area contributed by atoms with Crippen molar-refractivity contribution in [3.05, 3.63) is 34.4 Å². The van der Waals surface area contributed by atoms with Crippen LogP contribution in [0.1, 0.15) is 44.9 Å². The second-order valence-electron chi connectivity index (χ2n) is 8.25. The highest BCUT2D eigenvalue weighted by Crippen LogP contribution is 2.23. The third-order valence-electron chi connectivity index (χ3n) is 5.68. The molecule has 3 amide bonds. The molecule has 2 rings (SSSR count). The quantitative estimate of drug-likeness (QED) is 0.117. The lowest BCUT2D eigenvalue weighted by atomic mass is 9.94. The minimum Gasteiger partial charge on any atom is -0.453 e. The summed E-state index contributed by atoms with van der Waals surface area (Å²) in [6.45, 7) is 0.0163. The molecule has 1 aliphatic rings. The first kappa shape index (κ1) is 27.3. The number of non-ortho nitro benzene ring substituents is 1. The van der Waals surface area contributed by atoms with Gasteiger partial charge in [0.25, 0.3) is 5.69 Å². The molecule has 35 heavy (non-hydrogen) atoms.